The van der Waals surface area contributed by atoms with Crippen molar-refractivity contribution in [2.24, 2.45) is 11.8 Å². The lowest BCUT2D eigenvalue weighted by Gasteiger charge is -2.46. The second kappa shape index (κ2) is 6.72. The van der Waals surface area contributed by atoms with E-state index in [2.05, 4.69) is 38.3 Å². The molecule has 0 aromatic carbocycles. The van der Waals surface area contributed by atoms with Crippen LogP contribution in [-0.2, 0) is 0 Å². The monoisotopic (exact) mass is 241 g/mol. The Morgan fingerprint density at radius 1 is 1.12 bits per heavy atom. The highest BCUT2D eigenvalue weighted by Crippen LogP contribution is 2.35. The SMILES string of the molecule is CC(C)CC(NN)C1(N(C)C)CCCCCC1. The van der Waals surface area contributed by atoms with E-state index in [1.54, 1.807) is 0 Å². The molecule has 0 aromatic rings. The molecule has 0 aromatic heterocycles. The third kappa shape index (κ3) is 3.67. The third-order valence-electron chi connectivity index (χ3n) is 4.42. The van der Waals surface area contributed by atoms with Gasteiger partial charge >= 0.3 is 0 Å². The fourth-order valence-electron chi connectivity index (χ4n) is 3.36. The van der Waals surface area contributed by atoms with Crippen LogP contribution in [0.4, 0.5) is 0 Å². The van der Waals surface area contributed by atoms with Crippen molar-refractivity contribution < 1.29 is 0 Å². The smallest absolute Gasteiger partial charge is 0.0396 e. The highest BCUT2D eigenvalue weighted by atomic mass is 15.3. The van der Waals surface area contributed by atoms with Crippen molar-refractivity contribution in [3.8, 4) is 0 Å². The molecule has 0 spiro atoms. The predicted octanol–water partition coefficient (Wildman–Crippen LogP) is 2.52. The van der Waals surface area contributed by atoms with Gasteiger partial charge in [0.2, 0.25) is 0 Å². The minimum absolute atomic E-state index is 0.259. The van der Waals surface area contributed by atoms with E-state index in [-0.39, 0.29) is 5.54 Å². The molecule has 0 aliphatic heterocycles. The van der Waals surface area contributed by atoms with Gasteiger partial charge in [-0.3, -0.25) is 11.3 Å². The first kappa shape index (κ1) is 14.9. The van der Waals surface area contributed by atoms with E-state index >= 15 is 0 Å². The number of hydrazine groups is 1. The van der Waals surface area contributed by atoms with Gasteiger partial charge in [-0.15, -0.1) is 0 Å². The van der Waals surface area contributed by atoms with E-state index in [1.807, 2.05) is 0 Å². The maximum Gasteiger partial charge on any atom is 0.0396 e. The van der Waals surface area contributed by atoms with E-state index < -0.39 is 0 Å². The zero-order chi connectivity index (χ0) is 12.9. The minimum atomic E-state index is 0.259. The highest BCUT2D eigenvalue weighted by Gasteiger charge is 2.40. The van der Waals surface area contributed by atoms with Crippen LogP contribution < -0.4 is 11.3 Å². The van der Waals surface area contributed by atoms with Crippen molar-refractivity contribution in [1.29, 1.82) is 0 Å². The summed E-state index contributed by atoms with van der Waals surface area (Å²) in [6.07, 6.45) is 9.17. The fourth-order valence-corrected chi connectivity index (χ4v) is 3.36. The molecule has 1 unspecified atom stereocenters. The van der Waals surface area contributed by atoms with Gasteiger partial charge in [0.1, 0.15) is 0 Å². The Bertz CT molecular complexity index is 206. The molecule has 102 valence electrons. The molecular weight excluding hydrogens is 210 g/mol. The van der Waals surface area contributed by atoms with Crippen LogP contribution in [0.5, 0.6) is 0 Å². The Balaban J connectivity index is 2.86. The molecular formula is C14H31N3. The lowest BCUT2D eigenvalue weighted by atomic mass is 9.78. The summed E-state index contributed by atoms with van der Waals surface area (Å²) in [5, 5.41) is 0. The quantitative estimate of drug-likeness (QED) is 0.441. The van der Waals surface area contributed by atoms with Crippen LogP contribution in [0.15, 0.2) is 0 Å². The zero-order valence-corrected chi connectivity index (χ0v) is 12.1. The second-order valence-electron chi connectivity index (χ2n) is 6.26. The van der Waals surface area contributed by atoms with Crippen LogP contribution in [0.1, 0.15) is 58.8 Å². The normalized spacial score (nSPS) is 22.8. The van der Waals surface area contributed by atoms with E-state index in [4.69, 9.17) is 5.84 Å². The summed E-state index contributed by atoms with van der Waals surface area (Å²) in [6, 6.07) is 0.413. The average Bonchev–Trinajstić information content (AvgIpc) is 2.51. The molecule has 3 N–H and O–H groups in total. The summed E-state index contributed by atoms with van der Waals surface area (Å²) in [4.78, 5) is 2.42. The standard InChI is InChI=1S/C14H31N3/c1-12(2)11-13(16-15)14(17(3)4)9-7-5-6-8-10-14/h12-13,16H,5-11,15H2,1-4H3. The van der Waals surface area contributed by atoms with Crippen LogP contribution >= 0.6 is 0 Å². The molecule has 0 saturated heterocycles. The summed E-state index contributed by atoms with van der Waals surface area (Å²) in [6.45, 7) is 4.56. The lowest BCUT2D eigenvalue weighted by molar-refractivity contribution is 0.0706. The number of nitrogens with zero attached hydrogens (tertiary/aromatic N) is 1. The van der Waals surface area contributed by atoms with Gasteiger partial charge < -0.3 is 4.90 Å². The lowest BCUT2D eigenvalue weighted by Crippen LogP contribution is -2.60. The molecule has 1 atom stereocenters. The molecule has 0 bridgehead atoms. The van der Waals surface area contributed by atoms with Crippen LogP contribution in [0.3, 0.4) is 0 Å². The van der Waals surface area contributed by atoms with Gasteiger partial charge in [0, 0.05) is 11.6 Å². The molecule has 1 aliphatic rings. The number of hydrogen-bond donors (Lipinski definition) is 2. The molecule has 17 heavy (non-hydrogen) atoms. The molecule has 1 aliphatic carbocycles. The summed E-state index contributed by atoms with van der Waals surface area (Å²) in [5.41, 5.74) is 3.37. The summed E-state index contributed by atoms with van der Waals surface area (Å²) in [7, 11) is 4.44. The number of nitrogens with two attached hydrogens (primary N) is 1. The minimum Gasteiger partial charge on any atom is -0.302 e. The van der Waals surface area contributed by atoms with Gasteiger partial charge in [-0.2, -0.15) is 0 Å². The van der Waals surface area contributed by atoms with Gasteiger partial charge in [-0.05, 0) is 39.3 Å². The first-order valence-corrected chi connectivity index (χ1v) is 7.16. The molecule has 0 heterocycles. The molecule has 1 saturated carbocycles. The van der Waals surface area contributed by atoms with Crippen molar-refractivity contribution in [1.82, 2.24) is 10.3 Å². The fraction of sp³-hybridized carbons (Fsp3) is 1.00. The highest BCUT2D eigenvalue weighted by molar-refractivity contribution is 4.99. The van der Waals surface area contributed by atoms with Crippen LogP contribution in [0.2, 0.25) is 0 Å². The first-order valence-electron chi connectivity index (χ1n) is 7.16. The van der Waals surface area contributed by atoms with Crippen LogP contribution in [0.25, 0.3) is 0 Å². The van der Waals surface area contributed by atoms with Crippen molar-refractivity contribution >= 4 is 0 Å². The van der Waals surface area contributed by atoms with Crippen molar-refractivity contribution in [2.45, 2.75) is 70.4 Å². The van der Waals surface area contributed by atoms with Gasteiger partial charge in [0.25, 0.3) is 0 Å². The summed E-state index contributed by atoms with van der Waals surface area (Å²) >= 11 is 0. The Labute approximate surface area is 107 Å². The average molecular weight is 241 g/mol. The Hall–Kier alpha value is -0.120. The van der Waals surface area contributed by atoms with E-state index in [0.29, 0.717) is 12.0 Å². The predicted molar refractivity (Wildman–Crippen MR) is 74.7 cm³/mol. The molecule has 3 heteroatoms. The largest absolute Gasteiger partial charge is 0.302 e. The van der Waals surface area contributed by atoms with Crippen molar-refractivity contribution in [3.05, 3.63) is 0 Å². The first-order chi connectivity index (χ1) is 8.03. The van der Waals surface area contributed by atoms with Crippen LogP contribution in [-0.4, -0.2) is 30.6 Å². The number of rotatable bonds is 5. The van der Waals surface area contributed by atoms with Crippen LogP contribution in [0, 0.1) is 5.92 Å². The number of likely N-dealkylation sites (N-methyl/N-ethyl adjacent to an activating group) is 1. The molecule has 3 nitrogen and oxygen atoms in total. The third-order valence-corrected chi connectivity index (χ3v) is 4.42. The Morgan fingerprint density at radius 3 is 2.00 bits per heavy atom. The van der Waals surface area contributed by atoms with E-state index in [9.17, 15) is 0 Å². The van der Waals surface area contributed by atoms with Gasteiger partial charge in [0.05, 0.1) is 0 Å². The molecule has 1 fully saturated rings. The summed E-state index contributed by atoms with van der Waals surface area (Å²) < 4.78 is 0. The number of hydrogen-bond acceptors (Lipinski definition) is 3. The van der Waals surface area contributed by atoms with Crippen molar-refractivity contribution in [2.75, 3.05) is 14.1 Å². The van der Waals surface area contributed by atoms with Gasteiger partial charge in [0.15, 0.2) is 0 Å². The maximum absolute atomic E-state index is 5.85. The van der Waals surface area contributed by atoms with Crippen molar-refractivity contribution in [3.63, 3.8) is 0 Å². The molecule has 0 amide bonds. The molecule has 1 rings (SSSR count). The second-order valence-corrected chi connectivity index (χ2v) is 6.26. The molecule has 0 radical (unpaired) electrons. The topological polar surface area (TPSA) is 41.3 Å². The maximum atomic E-state index is 5.85. The van der Waals surface area contributed by atoms with E-state index in [1.165, 1.54) is 38.5 Å². The number of nitrogens with one attached hydrogen (secondary N) is 1. The summed E-state index contributed by atoms with van der Waals surface area (Å²) in [5.74, 6) is 6.54. The van der Waals surface area contributed by atoms with Gasteiger partial charge in [-0.1, -0.05) is 39.5 Å². The Morgan fingerprint density at radius 2 is 1.65 bits per heavy atom. The zero-order valence-electron chi connectivity index (χ0n) is 12.1. The van der Waals surface area contributed by atoms with Gasteiger partial charge in [-0.25, -0.2) is 0 Å². The van der Waals surface area contributed by atoms with E-state index in [0.717, 1.165) is 6.42 Å². The Kier molecular flexibility index (Phi) is 5.90.